The summed E-state index contributed by atoms with van der Waals surface area (Å²) in [4.78, 5) is 35.6. The summed E-state index contributed by atoms with van der Waals surface area (Å²) >= 11 is 0. The first-order chi connectivity index (χ1) is 11.2. The molecule has 1 aromatic heterocycles. The zero-order chi connectivity index (χ0) is 17.9. The number of methoxy groups -OCH3 is 1. The van der Waals surface area contributed by atoms with Crippen LogP contribution in [0.3, 0.4) is 0 Å². The number of likely N-dealkylation sites (N-methyl/N-ethyl adjacent to an activating group) is 1. The maximum Gasteiger partial charge on any atom is 0.410 e. The van der Waals surface area contributed by atoms with Crippen molar-refractivity contribution in [2.24, 2.45) is 0 Å². The lowest BCUT2D eigenvalue weighted by Gasteiger charge is -2.28. The van der Waals surface area contributed by atoms with Crippen LogP contribution >= 0.6 is 0 Å². The van der Waals surface area contributed by atoms with Crippen LogP contribution in [0.25, 0.3) is 0 Å². The monoisotopic (exact) mass is 336 g/mol. The molecule has 0 bridgehead atoms. The van der Waals surface area contributed by atoms with Crippen LogP contribution in [0.4, 0.5) is 10.7 Å². The van der Waals surface area contributed by atoms with Gasteiger partial charge in [-0.1, -0.05) is 0 Å². The molecule has 1 saturated heterocycles. The lowest BCUT2D eigenvalue weighted by molar-refractivity contribution is 0.0237. The van der Waals surface area contributed by atoms with E-state index in [1.807, 2.05) is 25.7 Å². The van der Waals surface area contributed by atoms with Gasteiger partial charge in [0, 0.05) is 32.5 Å². The number of hydrogen-bond donors (Lipinski definition) is 0. The minimum absolute atomic E-state index is 0.0312. The van der Waals surface area contributed by atoms with E-state index in [1.165, 1.54) is 19.5 Å². The van der Waals surface area contributed by atoms with Gasteiger partial charge < -0.3 is 19.3 Å². The minimum atomic E-state index is -0.517. The summed E-state index contributed by atoms with van der Waals surface area (Å²) in [6.07, 6.45) is 3.35. The van der Waals surface area contributed by atoms with Gasteiger partial charge in [-0.05, 0) is 27.2 Å². The van der Waals surface area contributed by atoms with Crippen molar-refractivity contribution in [1.29, 1.82) is 0 Å². The standard InChI is InChI=1S/C16H24N4O4/c1-16(2,3)24-15(22)19(4)12-6-7-20(10-12)14-17-8-11(9-18-14)13(21)23-5/h8-9,12H,6-7,10H2,1-5H3. The molecule has 132 valence electrons. The first-order valence-corrected chi connectivity index (χ1v) is 7.82. The highest BCUT2D eigenvalue weighted by atomic mass is 16.6. The Morgan fingerprint density at radius 2 is 1.92 bits per heavy atom. The number of rotatable bonds is 3. The smallest absolute Gasteiger partial charge is 0.410 e. The molecule has 1 amide bonds. The van der Waals surface area contributed by atoms with Gasteiger partial charge >= 0.3 is 12.1 Å². The number of anilines is 1. The third kappa shape index (κ3) is 4.33. The SMILES string of the molecule is COC(=O)c1cnc(N2CCC(N(C)C(=O)OC(C)(C)C)C2)nc1. The predicted octanol–water partition coefficient (Wildman–Crippen LogP) is 1.71. The highest BCUT2D eigenvalue weighted by Gasteiger charge is 2.32. The molecular formula is C16H24N4O4. The second kappa shape index (κ2) is 7.02. The zero-order valence-corrected chi connectivity index (χ0v) is 14.8. The highest BCUT2D eigenvalue weighted by Crippen LogP contribution is 2.21. The highest BCUT2D eigenvalue weighted by molar-refractivity contribution is 5.88. The second-order valence-corrected chi connectivity index (χ2v) is 6.74. The van der Waals surface area contributed by atoms with Crippen LogP contribution in [0.15, 0.2) is 12.4 Å². The summed E-state index contributed by atoms with van der Waals surface area (Å²) in [6, 6.07) is 0.0312. The van der Waals surface area contributed by atoms with Crippen LogP contribution in [-0.4, -0.2) is 65.8 Å². The van der Waals surface area contributed by atoms with E-state index in [1.54, 1.807) is 11.9 Å². The number of aromatic nitrogens is 2. The van der Waals surface area contributed by atoms with Crippen molar-refractivity contribution in [3.8, 4) is 0 Å². The molecule has 1 atom stereocenters. The quantitative estimate of drug-likeness (QED) is 0.777. The van der Waals surface area contributed by atoms with Crippen LogP contribution < -0.4 is 4.90 Å². The second-order valence-electron chi connectivity index (χ2n) is 6.74. The van der Waals surface area contributed by atoms with Crippen molar-refractivity contribution in [2.45, 2.75) is 38.8 Å². The number of amides is 1. The van der Waals surface area contributed by atoms with E-state index >= 15 is 0 Å². The summed E-state index contributed by atoms with van der Waals surface area (Å²) in [6.45, 7) is 6.88. The molecule has 2 rings (SSSR count). The van der Waals surface area contributed by atoms with Gasteiger partial charge in [0.25, 0.3) is 0 Å². The van der Waals surface area contributed by atoms with E-state index in [-0.39, 0.29) is 12.1 Å². The van der Waals surface area contributed by atoms with Gasteiger partial charge in [0.05, 0.1) is 18.7 Å². The fourth-order valence-electron chi connectivity index (χ4n) is 2.43. The Morgan fingerprint density at radius 3 is 2.46 bits per heavy atom. The lowest BCUT2D eigenvalue weighted by atomic mass is 10.2. The zero-order valence-electron chi connectivity index (χ0n) is 14.8. The first-order valence-electron chi connectivity index (χ1n) is 7.82. The summed E-state index contributed by atoms with van der Waals surface area (Å²) in [7, 11) is 3.05. The molecule has 2 heterocycles. The maximum atomic E-state index is 12.1. The normalized spacial score (nSPS) is 17.5. The Bertz CT molecular complexity index is 597. The summed E-state index contributed by atoms with van der Waals surface area (Å²) < 4.78 is 10.0. The summed E-state index contributed by atoms with van der Waals surface area (Å²) in [5, 5.41) is 0. The number of nitrogens with zero attached hydrogens (tertiary/aromatic N) is 4. The molecule has 1 aromatic rings. The number of esters is 1. The van der Waals surface area contributed by atoms with E-state index < -0.39 is 11.6 Å². The number of carbonyl (C=O) groups excluding carboxylic acids is 2. The van der Waals surface area contributed by atoms with E-state index in [0.29, 0.717) is 18.1 Å². The third-order valence-corrected chi connectivity index (χ3v) is 3.73. The van der Waals surface area contributed by atoms with Crippen molar-refractivity contribution < 1.29 is 19.1 Å². The lowest BCUT2D eigenvalue weighted by Crippen LogP contribution is -2.42. The molecule has 1 unspecified atom stereocenters. The maximum absolute atomic E-state index is 12.1. The average Bonchev–Trinajstić information content (AvgIpc) is 3.01. The fraction of sp³-hybridized carbons (Fsp3) is 0.625. The number of ether oxygens (including phenoxy) is 2. The molecule has 24 heavy (non-hydrogen) atoms. The molecule has 0 aromatic carbocycles. The molecule has 8 heteroatoms. The Hall–Kier alpha value is -2.38. The van der Waals surface area contributed by atoms with Gasteiger partial charge in [-0.25, -0.2) is 19.6 Å². The molecule has 1 aliphatic heterocycles. The molecule has 0 saturated carbocycles. The van der Waals surface area contributed by atoms with Gasteiger partial charge in [0.1, 0.15) is 5.60 Å². The molecular weight excluding hydrogens is 312 g/mol. The molecule has 1 aliphatic rings. The van der Waals surface area contributed by atoms with E-state index in [9.17, 15) is 9.59 Å². The molecule has 0 N–H and O–H groups in total. The van der Waals surface area contributed by atoms with Crippen LogP contribution in [0, 0.1) is 0 Å². The Labute approximate surface area is 141 Å². The van der Waals surface area contributed by atoms with Crippen LogP contribution in [0.5, 0.6) is 0 Å². The van der Waals surface area contributed by atoms with Crippen molar-refractivity contribution in [1.82, 2.24) is 14.9 Å². The van der Waals surface area contributed by atoms with Crippen LogP contribution in [0.2, 0.25) is 0 Å². The van der Waals surface area contributed by atoms with Crippen molar-refractivity contribution in [3.05, 3.63) is 18.0 Å². The first kappa shape index (κ1) is 18.0. The average molecular weight is 336 g/mol. The minimum Gasteiger partial charge on any atom is -0.465 e. The van der Waals surface area contributed by atoms with Crippen LogP contribution in [-0.2, 0) is 9.47 Å². The molecule has 0 radical (unpaired) electrons. The largest absolute Gasteiger partial charge is 0.465 e. The number of hydrogen-bond acceptors (Lipinski definition) is 7. The van der Waals surface area contributed by atoms with Gasteiger partial charge in [-0.15, -0.1) is 0 Å². The Balaban J connectivity index is 1.97. The van der Waals surface area contributed by atoms with Crippen molar-refractivity contribution in [2.75, 3.05) is 32.1 Å². The fourth-order valence-corrected chi connectivity index (χ4v) is 2.43. The van der Waals surface area contributed by atoms with Gasteiger partial charge in [-0.2, -0.15) is 0 Å². The molecule has 1 fully saturated rings. The molecule has 0 aliphatic carbocycles. The summed E-state index contributed by atoms with van der Waals surface area (Å²) in [5.41, 5.74) is -0.209. The van der Waals surface area contributed by atoms with Gasteiger partial charge in [0.2, 0.25) is 5.95 Å². The van der Waals surface area contributed by atoms with Crippen LogP contribution in [0.1, 0.15) is 37.6 Å². The predicted molar refractivity (Wildman–Crippen MR) is 88.0 cm³/mol. The number of carbonyl (C=O) groups is 2. The summed E-state index contributed by atoms with van der Waals surface area (Å²) in [5.74, 6) is 0.0632. The molecule has 0 spiro atoms. The van der Waals surface area contributed by atoms with E-state index in [4.69, 9.17) is 4.74 Å². The van der Waals surface area contributed by atoms with Crippen molar-refractivity contribution in [3.63, 3.8) is 0 Å². The van der Waals surface area contributed by atoms with Gasteiger partial charge in [-0.3, -0.25) is 0 Å². The van der Waals surface area contributed by atoms with E-state index in [0.717, 1.165) is 13.0 Å². The van der Waals surface area contributed by atoms with Gasteiger partial charge in [0.15, 0.2) is 0 Å². The molecule has 8 nitrogen and oxygen atoms in total. The van der Waals surface area contributed by atoms with Crippen molar-refractivity contribution >= 4 is 18.0 Å². The third-order valence-electron chi connectivity index (χ3n) is 3.73. The topological polar surface area (TPSA) is 84.9 Å². The Morgan fingerprint density at radius 1 is 1.29 bits per heavy atom. The van der Waals surface area contributed by atoms with E-state index in [2.05, 4.69) is 14.7 Å². The Kier molecular flexibility index (Phi) is 5.26.